The molecule has 0 heterocycles. The highest BCUT2D eigenvalue weighted by Crippen LogP contribution is 2.39. The minimum atomic E-state index is -0.122. The highest BCUT2D eigenvalue weighted by molar-refractivity contribution is 6.34. The summed E-state index contributed by atoms with van der Waals surface area (Å²) in [6.45, 7) is 2.91. The lowest BCUT2D eigenvalue weighted by Gasteiger charge is -2.38. The van der Waals surface area contributed by atoms with Crippen LogP contribution in [0.5, 0.6) is 0 Å². The van der Waals surface area contributed by atoms with Gasteiger partial charge in [0.2, 0.25) is 0 Å². The Morgan fingerprint density at radius 1 is 1.53 bits per heavy atom. The van der Waals surface area contributed by atoms with Crippen LogP contribution in [0.2, 0.25) is 5.02 Å². The molecule has 0 spiro atoms. The zero-order valence-electron chi connectivity index (χ0n) is 9.92. The fourth-order valence-corrected chi connectivity index (χ4v) is 2.34. The molecular weight excluding hydrogens is 236 g/mol. The highest BCUT2D eigenvalue weighted by atomic mass is 35.5. The van der Waals surface area contributed by atoms with E-state index in [1.165, 1.54) is 19.3 Å². The van der Waals surface area contributed by atoms with Crippen LogP contribution in [0.4, 0.5) is 5.69 Å². The number of carbonyl (C=O) groups is 1. The van der Waals surface area contributed by atoms with Crippen LogP contribution in [0.25, 0.3) is 0 Å². The molecule has 0 saturated heterocycles. The summed E-state index contributed by atoms with van der Waals surface area (Å²) in [5.74, 6) is -0.122. The lowest BCUT2D eigenvalue weighted by atomic mass is 9.70. The van der Waals surface area contributed by atoms with Gasteiger partial charge < -0.3 is 11.1 Å². The van der Waals surface area contributed by atoms with Gasteiger partial charge in [0.05, 0.1) is 10.6 Å². The quantitative estimate of drug-likeness (QED) is 0.813. The number of amides is 1. The molecule has 4 heteroatoms. The van der Waals surface area contributed by atoms with E-state index in [2.05, 4.69) is 12.2 Å². The van der Waals surface area contributed by atoms with E-state index < -0.39 is 0 Å². The van der Waals surface area contributed by atoms with Gasteiger partial charge in [-0.15, -0.1) is 0 Å². The van der Waals surface area contributed by atoms with Crippen LogP contribution < -0.4 is 11.1 Å². The number of benzene rings is 1. The molecule has 0 bridgehead atoms. The fraction of sp³-hybridized carbons (Fsp3) is 0.462. The molecule has 17 heavy (non-hydrogen) atoms. The number of hydrogen-bond acceptors (Lipinski definition) is 2. The number of hydrogen-bond donors (Lipinski definition) is 2. The van der Waals surface area contributed by atoms with Crippen molar-refractivity contribution in [3.8, 4) is 0 Å². The number of nitrogens with one attached hydrogen (secondary N) is 1. The van der Waals surface area contributed by atoms with Crippen molar-refractivity contribution in [2.24, 2.45) is 5.41 Å². The Bertz CT molecular complexity index is 441. The average molecular weight is 253 g/mol. The van der Waals surface area contributed by atoms with Crippen molar-refractivity contribution in [1.29, 1.82) is 0 Å². The molecule has 1 saturated carbocycles. The second-order valence-corrected chi connectivity index (χ2v) is 5.49. The zero-order valence-corrected chi connectivity index (χ0v) is 10.7. The van der Waals surface area contributed by atoms with Crippen molar-refractivity contribution in [2.75, 3.05) is 12.3 Å². The molecule has 1 aliphatic rings. The van der Waals surface area contributed by atoms with E-state index >= 15 is 0 Å². The van der Waals surface area contributed by atoms with Gasteiger partial charge in [-0.1, -0.05) is 24.9 Å². The van der Waals surface area contributed by atoms with Crippen LogP contribution in [0.15, 0.2) is 18.2 Å². The lowest BCUT2D eigenvalue weighted by molar-refractivity contribution is 0.0891. The molecular formula is C13H17ClN2O. The first-order valence-corrected chi connectivity index (χ1v) is 6.21. The fourth-order valence-electron chi connectivity index (χ4n) is 2.06. The van der Waals surface area contributed by atoms with Gasteiger partial charge in [-0.05, 0) is 36.5 Å². The van der Waals surface area contributed by atoms with Crippen molar-refractivity contribution in [3.05, 3.63) is 28.8 Å². The van der Waals surface area contributed by atoms with E-state index in [4.69, 9.17) is 17.3 Å². The third kappa shape index (κ3) is 2.72. The molecule has 1 aromatic carbocycles. The molecule has 3 N–H and O–H groups in total. The van der Waals surface area contributed by atoms with Crippen molar-refractivity contribution < 1.29 is 4.79 Å². The zero-order chi connectivity index (χ0) is 12.5. The van der Waals surface area contributed by atoms with E-state index in [1.807, 2.05) is 0 Å². The predicted molar refractivity (Wildman–Crippen MR) is 70.2 cm³/mol. The average Bonchev–Trinajstić information content (AvgIpc) is 2.23. The number of halogens is 1. The second kappa shape index (κ2) is 4.57. The molecule has 1 fully saturated rings. The van der Waals surface area contributed by atoms with Crippen LogP contribution in [0, 0.1) is 5.41 Å². The van der Waals surface area contributed by atoms with Crippen LogP contribution >= 0.6 is 11.6 Å². The van der Waals surface area contributed by atoms with E-state index in [-0.39, 0.29) is 11.3 Å². The van der Waals surface area contributed by atoms with E-state index in [0.29, 0.717) is 22.8 Å². The number of rotatable bonds is 3. The standard InChI is InChI=1S/C13H17ClN2O/c1-13(5-2-6-13)8-16-12(17)10-4-3-9(15)7-11(10)14/h3-4,7H,2,5-6,8,15H2,1H3,(H,16,17). The Labute approximate surface area is 106 Å². The van der Waals surface area contributed by atoms with Gasteiger partial charge in [0.1, 0.15) is 0 Å². The Morgan fingerprint density at radius 2 is 2.24 bits per heavy atom. The molecule has 1 aliphatic carbocycles. The first-order valence-electron chi connectivity index (χ1n) is 5.83. The Hall–Kier alpha value is -1.22. The maximum Gasteiger partial charge on any atom is 0.252 e. The molecule has 0 atom stereocenters. The summed E-state index contributed by atoms with van der Waals surface area (Å²) < 4.78 is 0. The number of nitrogen functional groups attached to an aromatic ring is 1. The Kier molecular flexibility index (Phi) is 3.29. The summed E-state index contributed by atoms with van der Waals surface area (Å²) in [6, 6.07) is 4.95. The van der Waals surface area contributed by atoms with Gasteiger partial charge in [0, 0.05) is 12.2 Å². The Morgan fingerprint density at radius 3 is 2.76 bits per heavy atom. The molecule has 3 nitrogen and oxygen atoms in total. The van der Waals surface area contributed by atoms with Crippen molar-refractivity contribution in [2.45, 2.75) is 26.2 Å². The lowest BCUT2D eigenvalue weighted by Crippen LogP contribution is -2.40. The normalized spacial score (nSPS) is 17.3. The first-order chi connectivity index (χ1) is 8.00. The van der Waals surface area contributed by atoms with E-state index in [9.17, 15) is 4.79 Å². The first kappa shape index (κ1) is 12.2. The molecule has 1 amide bonds. The van der Waals surface area contributed by atoms with Crippen LogP contribution in [0.1, 0.15) is 36.5 Å². The SMILES string of the molecule is CC1(CNC(=O)c2ccc(N)cc2Cl)CCC1. The Balaban J connectivity index is 1.99. The number of carbonyl (C=O) groups excluding carboxylic acids is 1. The summed E-state index contributed by atoms with van der Waals surface area (Å²) in [7, 11) is 0. The maximum absolute atomic E-state index is 11.9. The molecule has 2 rings (SSSR count). The second-order valence-electron chi connectivity index (χ2n) is 5.09. The van der Waals surface area contributed by atoms with Gasteiger partial charge in [-0.2, -0.15) is 0 Å². The summed E-state index contributed by atoms with van der Waals surface area (Å²) in [5, 5.41) is 3.34. The molecule has 0 aliphatic heterocycles. The van der Waals surface area contributed by atoms with E-state index in [1.54, 1.807) is 18.2 Å². The summed E-state index contributed by atoms with van der Waals surface area (Å²) in [5.41, 5.74) is 6.92. The third-order valence-corrected chi connectivity index (χ3v) is 3.79. The summed E-state index contributed by atoms with van der Waals surface area (Å²) >= 11 is 5.98. The topological polar surface area (TPSA) is 55.1 Å². The monoisotopic (exact) mass is 252 g/mol. The number of anilines is 1. The molecule has 0 radical (unpaired) electrons. The molecule has 1 aromatic rings. The minimum absolute atomic E-state index is 0.122. The summed E-state index contributed by atoms with van der Waals surface area (Å²) in [4.78, 5) is 11.9. The van der Waals surface area contributed by atoms with Gasteiger partial charge in [-0.25, -0.2) is 0 Å². The van der Waals surface area contributed by atoms with Crippen molar-refractivity contribution >= 4 is 23.2 Å². The van der Waals surface area contributed by atoms with Crippen LogP contribution in [0.3, 0.4) is 0 Å². The minimum Gasteiger partial charge on any atom is -0.399 e. The number of nitrogens with two attached hydrogens (primary N) is 1. The van der Waals surface area contributed by atoms with Gasteiger partial charge in [-0.3, -0.25) is 4.79 Å². The van der Waals surface area contributed by atoms with Gasteiger partial charge in [0.25, 0.3) is 5.91 Å². The summed E-state index contributed by atoms with van der Waals surface area (Å²) in [6.07, 6.45) is 3.63. The third-order valence-electron chi connectivity index (χ3n) is 3.47. The largest absolute Gasteiger partial charge is 0.399 e. The smallest absolute Gasteiger partial charge is 0.252 e. The van der Waals surface area contributed by atoms with Crippen LogP contribution in [-0.2, 0) is 0 Å². The van der Waals surface area contributed by atoms with Crippen molar-refractivity contribution in [1.82, 2.24) is 5.32 Å². The van der Waals surface area contributed by atoms with Crippen LogP contribution in [-0.4, -0.2) is 12.5 Å². The molecule has 0 unspecified atom stereocenters. The molecule has 92 valence electrons. The predicted octanol–water partition coefficient (Wildman–Crippen LogP) is 2.84. The van der Waals surface area contributed by atoms with Gasteiger partial charge >= 0.3 is 0 Å². The maximum atomic E-state index is 11.9. The molecule has 0 aromatic heterocycles. The van der Waals surface area contributed by atoms with Crippen molar-refractivity contribution in [3.63, 3.8) is 0 Å². The van der Waals surface area contributed by atoms with E-state index in [0.717, 1.165) is 0 Å². The van der Waals surface area contributed by atoms with Gasteiger partial charge in [0.15, 0.2) is 0 Å². The highest BCUT2D eigenvalue weighted by Gasteiger charge is 2.32.